The molecule has 404 valence electrons. The van der Waals surface area contributed by atoms with Crippen LogP contribution in [-0.2, 0) is 16.2 Å². The summed E-state index contributed by atoms with van der Waals surface area (Å²) in [7, 11) is 0. The Kier molecular flexibility index (Phi) is 11.9. The number of rotatable bonds is 11. The molecule has 2 nitrogen and oxygen atoms in total. The quantitative estimate of drug-likeness (QED) is 0.127. The molecule has 0 aromatic heterocycles. The number of benzene rings is 12. The lowest BCUT2D eigenvalue weighted by Crippen LogP contribution is -2.35. The van der Waals surface area contributed by atoms with Crippen molar-refractivity contribution in [2.45, 2.75) is 36.0 Å². The summed E-state index contributed by atoms with van der Waals surface area (Å²) in [6.07, 6.45) is 9.38. The molecule has 0 aliphatic heterocycles. The molecule has 0 amide bonds. The number of nitrogens with zero attached hydrogens (tertiary/aromatic N) is 2. The third-order valence-electron chi connectivity index (χ3n) is 19.3. The van der Waals surface area contributed by atoms with Crippen LogP contribution in [0.4, 0.5) is 34.1 Å². The standard InChI is InChI=1S/C83H62N2/c1-81(2)74-45-18-12-40-68(74)73-52-51-66(56-79(73)81)84(62-35-24-33-60(53-62)82(58-29-8-4-9-30-58)75-46-19-13-41-69(75)70-42-14-20-47-76(70)82)64-37-26-38-65(55-64)85(80-50-23-17-39-67(80)57-27-6-3-7-28-57)63-36-25-34-61(54-63)83(59-31-10-5-11-32-59)77-48-21-15-43-71(77)72-44-16-22-49-78(72)83/h3-56,71,77H,1-2H3. The van der Waals surface area contributed by atoms with E-state index in [9.17, 15) is 0 Å². The van der Waals surface area contributed by atoms with Crippen molar-refractivity contribution in [1.82, 2.24) is 0 Å². The summed E-state index contributed by atoms with van der Waals surface area (Å²) < 4.78 is 0. The smallest absolute Gasteiger partial charge is 0.0714 e. The van der Waals surface area contributed by atoms with E-state index in [-0.39, 0.29) is 17.3 Å². The van der Waals surface area contributed by atoms with Crippen molar-refractivity contribution in [3.63, 3.8) is 0 Å². The van der Waals surface area contributed by atoms with E-state index in [2.05, 4.69) is 351 Å². The SMILES string of the molecule is CC1(C)c2ccccc2-c2ccc(N(c3cccc(N(c4cccc(C5(c6ccccc6)c6ccccc6C6C=CC=CC65)c4)c4ccccc4-c4ccccc4)c3)c3cccc(C4(c5ccccc5)c5ccccc5-c5ccccc54)c3)cc21. The molecule has 0 bridgehead atoms. The first-order valence-corrected chi connectivity index (χ1v) is 30.0. The molecular weight excluding hydrogens is 1020 g/mol. The van der Waals surface area contributed by atoms with Gasteiger partial charge in [0.1, 0.15) is 0 Å². The number of para-hydroxylation sites is 1. The predicted molar refractivity (Wildman–Crippen MR) is 353 cm³/mol. The van der Waals surface area contributed by atoms with Crippen molar-refractivity contribution < 1.29 is 0 Å². The highest BCUT2D eigenvalue weighted by Crippen LogP contribution is 2.61. The molecule has 2 heteroatoms. The van der Waals surface area contributed by atoms with E-state index in [1.54, 1.807) is 0 Å². The summed E-state index contributed by atoms with van der Waals surface area (Å²) in [5.74, 6) is 0.406. The normalized spacial score (nSPS) is 17.7. The monoisotopic (exact) mass is 1090 g/mol. The van der Waals surface area contributed by atoms with Gasteiger partial charge in [0.2, 0.25) is 0 Å². The van der Waals surface area contributed by atoms with Crippen molar-refractivity contribution >= 4 is 34.1 Å². The van der Waals surface area contributed by atoms with E-state index in [0.29, 0.717) is 0 Å². The second kappa shape index (κ2) is 20.0. The first kappa shape index (κ1) is 50.4. The van der Waals surface area contributed by atoms with E-state index in [4.69, 9.17) is 0 Å². The van der Waals surface area contributed by atoms with Gasteiger partial charge in [-0.1, -0.05) is 281 Å². The summed E-state index contributed by atoms with van der Waals surface area (Å²) >= 11 is 0. The highest BCUT2D eigenvalue weighted by Gasteiger charge is 2.53. The molecule has 12 aromatic rings. The van der Waals surface area contributed by atoms with E-state index in [1.165, 1.54) is 77.9 Å². The third-order valence-corrected chi connectivity index (χ3v) is 19.3. The van der Waals surface area contributed by atoms with Crippen LogP contribution in [0.25, 0.3) is 33.4 Å². The van der Waals surface area contributed by atoms with Crippen LogP contribution in [0.15, 0.2) is 328 Å². The fraction of sp³-hybridized carbons (Fsp3) is 0.0843. The van der Waals surface area contributed by atoms with Crippen molar-refractivity contribution in [2.24, 2.45) is 5.92 Å². The first-order valence-electron chi connectivity index (χ1n) is 30.0. The van der Waals surface area contributed by atoms with E-state index in [1.807, 2.05) is 0 Å². The summed E-state index contributed by atoms with van der Waals surface area (Å²) in [5.41, 5.74) is 25.7. The zero-order valence-electron chi connectivity index (χ0n) is 47.7. The van der Waals surface area contributed by atoms with Gasteiger partial charge in [0, 0.05) is 51.3 Å². The van der Waals surface area contributed by atoms with Gasteiger partial charge in [-0.3, -0.25) is 0 Å². The van der Waals surface area contributed by atoms with Crippen molar-refractivity contribution in [3.05, 3.63) is 383 Å². The second-order valence-corrected chi connectivity index (χ2v) is 23.9. The number of fused-ring (bicyclic) bond motifs is 9. The van der Waals surface area contributed by atoms with Crippen LogP contribution >= 0.6 is 0 Å². The maximum absolute atomic E-state index is 2.51. The van der Waals surface area contributed by atoms with Crippen LogP contribution in [-0.4, -0.2) is 0 Å². The molecule has 0 saturated heterocycles. The fourth-order valence-electron chi connectivity index (χ4n) is 15.7. The van der Waals surface area contributed by atoms with Crippen molar-refractivity contribution in [2.75, 3.05) is 9.80 Å². The van der Waals surface area contributed by atoms with Gasteiger partial charge in [-0.2, -0.15) is 0 Å². The minimum atomic E-state index is -0.580. The largest absolute Gasteiger partial charge is 0.310 e. The minimum absolute atomic E-state index is 0.169. The van der Waals surface area contributed by atoms with Gasteiger partial charge in [0.15, 0.2) is 0 Å². The van der Waals surface area contributed by atoms with E-state index < -0.39 is 10.8 Å². The van der Waals surface area contributed by atoms with Gasteiger partial charge in [-0.05, 0) is 144 Å². The van der Waals surface area contributed by atoms with Gasteiger partial charge in [0.25, 0.3) is 0 Å². The van der Waals surface area contributed by atoms with Crippen LogP contribution in [0.2, 0.25) is 0 Å². The molecule has 0 fully saturated rings. The zero-order chi connectivity index (χ0) is 56.7. The van der Waals surface area contributed by atoms with Gasteiger partial charge in [0.05, 0.1) is 16.5 Å². The molecule has 0 saturated carbocycles. The third kappa shape index (κ3) is 7.64. The topological polar surface area (TPSA) is 6.48 Å². The Hall–Kier alpha value is -10.3. The summed E-state index contributed by atoms with van der Waals surface area (Å²) in [4.78, 5) is 5.02. The number of anilines is 6. The average Bonchev–Trinajstić information content (AvgIpc) is 1.74. The van der Waals surface area contributed by atoms with Gasteiger partial charge in [-0.15, -0.1) is 0 Å². The lowest BCUT2D eigenvalue weighted by atomic mass is 9.63. The Bertz CT molecular complexity index is 4560. The Morgan fingerprint density at radius 2 is 0.753 bits per heavy atom. The van der Waals surface area contributed by atoms with Crippen molar-refractivity contribution in [3.8, 4) is 33.4 Å². The minimum Gasteiger partial charge on any atom is -0.310 e. The molecule has 3 unspecified atom stereocenters. The second-order valence-electron chi connectivity index (χ2n) is 23.9. The van der Waals surface area contributed by atoms with E-state index >= 15 is 0 Å². The van der Waals surface area contributed by atoms with Crippen molar-refractivity contribution in [1.29, 1.82) is 0 Å². The number of hydrogen-bond acceptors (Lipinski definition) is 2. The highest BCUT2D eigenvalue weighted by atomic mass is 15.2. The predicted octanol–water partition coefficient (Wildman–Crippen LogP) is 21.1. The van der Waals surface area contributed by atoms with E-state index in [0.717, 1.165) is 45.3 Å². The Balaban J connectivity index is 0.930. The number of allylic oxidation sites excluding steroid dienone is 4. The maximum atomic E-state index is 2.51. The van der Waals surface area contributed by atoms with Gasteiger partial charge < -0.3 is 9.80 Å². The molecule has 0 heterocycles. The molecule has 85 heavy (non-hydrogen) atoms. The Morgan fingerprint density at radius 1 is 0.294 bits per heavy atom. The van der Waals surface area contributed by atoms with Crippen LogP contribution in [0.1, 0.15) is 75.4 Å². The van der Waals surface area contributed by atoms with Crippen LogP contribution < -0.4 is 9.80 Å². The highest BCUT2D eigenvalue weighted by molar-refractivity contribution is 5.92. The molecule has 0 N–H and O–H groups in total. The maximum Gasteiger partial charge on any atom is 0.0714 e. The summed E-state index contributed by atoms with van der Waals surface area (Å²) in [5, 5.41) is 0. The fourth-order valence-corrected chi connectivity index (χ4v) is 15.7. The van der Waals surface area contributed by atoms with Crippen LogP contribution in [0.3, 0.4) is 0 Å². The first-order chi connectivity index (χ1) is 41.9. The lowest BCUT2D eigenvalue weighted by molar-refractivity contribution is 0.457. The van der Waals surface area contributed by atoms with Gasteiger partial charge in [-0.25, -0.2) is 0 Å². The zero-order valence-corrected chi connectivity index (χ0v) is 47.7. The molecule has 0 radical (unpaired) electrons. The summed E-state index contributed by atoms with van der Waals surface area (Å²) in [6, 6.07) is 114. The van der Waals surface area contributed by atoms with Crippen LogP contribution in [0.5, 0.6) is 0 Å². The number of hydrogen-bond donors (Lipinski definition) is 0. The molecular formula is C83H62N2. The lowest BCUT2D eigenvalue weighted by Gasteiger charge is -2.39. The molecule has 12 aromatic carbocycles. The Morgan fingerprint density at radius 3 is 1.45 bits per heavy atom. The van der Waals surface area contributed by atoms with Gasteiger partial charge >= 0.3 is 0 Å². The van der Waals surface area contributed by atoms with Crippen LogP contribution in [0, 0.1) is 5.92 Å². The molecule has 4 aliphatic rings. The average molecular weight is 1090 g/mol. The molecule has 3 atom stereocenters. The molecule has 0 spiro atoms. The molecule has 16 rings (SSSR count). The Labute approximate surface area is 499 Å². The molecule has 4 aliphatic carbocycles. The summed E-state index contributed by atoms with van der Waals surface area (Å²) in [6.45, 7) is 4.77.